The van der Waals surface area contributed by atoms with E-state index in [-0.39, 0.29) is 6.04 Å². The van der Waals surface area contributed by atoms with Crippen molar-refractivity contribution in [3.05, 3.63) is 40.2 Å². The molecule has 3 rings (SSSR count). The van der Waals surface area contributed by atoms with Crippen molar-refractivity contribution in [3.63, 3.8) is 0 Å². The van der Waals surface area contributed by atoms with Crippen molar-refractivity contribution in [2.24, 2.45) is 0 Å². The molecule has 0 amide bonds. The van der Waals surface area contributed by atoms with Crippen LogP contribution in [0.5, 0.6) is 0 Å². The van der Waals surface area contributed by atoms with Crippen molar-refractivity contribution in [2.45, 2.75) is 46.7 Å². The first-order valence-electron chi connectivity index (χ1n) is 8.13. The molecule has 0 saturated heterocycles. The summed E-state index contributed by atoms with van der Waals surface area (Å²) in [5.74, 6) is 0.605. The van der Waals surface area contributed by atoms with Crippen LogP contribution in [-0.2, 0) is 6.54 Å². The zero-order valence-electron chi connectivity index (χ0n) is 14.4. The molecule has 0 aliphatic rings. The van der Waals surface area contributed by atoms with Crippen molar-refractivity contribution in [3.8, 4) is 11.3 Å². The van der Waals surface area contributed by atoms with Gasteiger partial charge in [-0.15, -0.1) is 11.3 Å². The number of aromatic nitrogens is 5. The van der Waals surface area contributed by atoms with Crippen LogP contribution in [-0.4, -0.2) is 24.7 Å². The average molecular weight is 342 g/mol. The van der Waals surface area contributed by atoms with Gasteiger partial charge in [-0.2, -0.15) is 5.10 Å². The fourth-order valence-electron chi connectivity index (χ4n) is 2.54. The van der Waals surface area contributed by atoms with Crippen LogP contribution in [0.1, 0.15) is 42.7 Å². The van der Waals surface area contributed by atoms with Crippen LogP contribution in [0.3, 0.4) is 0 Å². The first-order valence-corrected chi connectivity index (χ1v) is 9.00. The van der Waals surface area contributed by atoms with E-state index in [4.69, 9.17) is 0 Å². The molecule has 3 aromatic rings. The maximum Gasteiger partial charge on any atom is 0.223 e. The van der Waals surface area contributed by atoms with Gasteiger partial charge in [0.15, 0.2) is 0 Å². The molecule has 1 atom stereocenters. The Labute approximate surface area is 146 Å². The standard InChI is InChI=1S/C17H22N6S/c1-5-8-23-9-14(11(2)22-23)15-6-7-18-17(21-15)19-12(3)16-10-24-13(4)20-16/h6-7,9-10,12H,5,8H2,1-4H3,(H,18,19,21). The Kier molecular flexibility index (Phi) is 4.89. The number of hydrogen-bond acceptors (Lipinski definition) is 6. The van der Waals surface area contributed by atoms with Crippen LogP contribution in [0.25, 0.3) is 11.3 Å². The number of aryl methyl sites for hydroxylation is 3. The smallest absolute Gasteiger partial charge is 0.223 e. The van der Waals surface area contributed by atoms with E-state index in [1.165, 1.54) is 0 Å². The third-order valence-corrected chi connectivity index (χ3v) is 4.55. The lowest BCUT2D eigenvalue weighted by atomic mass is 10.2. The van der Waals surface area contributed by atoms with Gasteiger partial charge in [-0.3, -0.25) is 4.68 Å². The quantitative estimate of drug-likeness (QED) is 0.733. The van der Waals surface area contributed by atoms with E-state index in [0.29, 0.717) is 5.95 Å². The Morgan fingerprint density at radius 2 is 2.12 bits per heavy atom. The van der Waals surface area contributed by atoms with Crippen LogP contribution in [0.2, 0.25) is 0 Å². The molecule has 3 aromatic heterocycles. The van der Waals surface area contributed by atoms with Gasteiger partial charge in [0.2, 0.25) is 5.95 Å². The summed E-state index contributed by atoms with van der Waals surface area (Å²) in [4.78, 5) is 13.5. The monoisotopic (exact) mass is 342 g/mol. The maximum atomic E-state index is 4.65. The second kappa shape index (κ2) is 7.09. The van der Waals surface area contributed by atoms with Gasteiger partial charge >= 0.3 is 0 Å². The van der Waals surface area contributed by atoms with Gasteiger partial charge in [-0.1, -0.05) is 6.92 Å². The van der Waals surface area contributed by atoms with Crippen LogP contribution in [0.15, 0.2) is 23.8 Å². The van der Waals surface area contributed by atoms with Gasteiger partial charge in [-0.25, -0.2) is 15.0 Å². The Morgan fingerprint density at radius 1 is 1.29 bits per heavy atom. The predicted octanol–water partition coefficient (Wildman–Crippen LogP) is 4.00. The molecule has 24 heavy (non-hydrogen) atoms. The minimum Gasteiger partial charge on any atom is -0.346 e. The molecule has 3 heterocycles. The van der Waals surface area contributed by atoms with Gasteiger partial charge in [0.05, 0.1) is 28.1 Å². The van der Waals surface area contributed by atoms with Crippen molar-refractivity contribution >= 4 is 17.3 Å². The molecule has 126 valence electrons. The highest BCUT2D eigenvalue weighted by Gasteiger charge is 2.13. The molecule has 0 radical (unpaired) electrons. The van der Waals surface area contributed by atoms with Gasteiger partial charge in [0, 0.05) is 29.9 Å². The van der Waals surface area contributed by atoms with Gasteiger partial charge < -0.3 is 5.32 Å². The van der Waals surface area contributed by atoms with Crippen molar-refractivity contribution < 1.29 is 0 Å². The normalized spacial score (nSPS) is 12.3. The highest BCUT2D eigenvalue weighted by atomic mass is 32.1. The summed E-state index contributed by atoms with van der Waals surface area (Å²) < 4.78 is 1.97. The number of rotatable bonds is 6. The summed E-state index contributed by atoms with van der Waals surface area (Å²) >= 11 is 1.65. The fraction of sp³-hybridized carbons (Fsp3) is 0.412. The Hall–Kier alpha value is -2.28. The van der Waals surface area contributed by atoms with Gasteiger partial charge in [-0.05, 0) is 33.3 Å². The third-order valence-electron chi connectivity index (χ3n) is 3.76. The summed E-state index contributed by atoms with van der Waals surface area (Å²) in [6.45, 7) is 9.14. The van der Waals surface area contributed by atoms with E-state index >= 15 is 0 Å². The number of nitrogens with zero attached hydrogens (tertiary/aromatic N) is 5. The molecular formula is C17H22N6S. The van der Waals surface area contributed by atoms with Gasteiger partial charge in [0.25, 0.3) is 0 Å². The van der Waals surface area contributed by atoms with Crippen LogP contribution < -0.4 is 5.32 Å². The lowest BCUT2D eigenvalue weighted by molar-refractivity contribution is 0.598. The van der Waals surface area contributed by atoms with E-state index in [1.807, 2.05) is 24.6 Å². The first-order chi connectivity index (χ1) is 11.6. The maximum absolute atomic E-state index is 4.65. The Balaban J connectivity index is 1.81. The molecule has 1 unspecified atom stereocenters. The van der Waals surface area contributed by atoms with E-state index in [9.17, 15) is 0 Å². The van der Waals surface area contributed by atoms with Crippen molar-refractivity contribution in [1.29, 1.82) is 0 Å². The molecule has 0 bridgehead atoms. The highest BCUT2D eigenvalue weighted by Crippen LogP contribution is 2.23. The highest BCUT2D eigenvalue weighted by molar-refractivity contribution is 7.09. The van der Waals surface area contributed by atoms with Crippen LogP contribution >= 0.6 is 11.3 Å². The summed E-state index contributed by atoms with van der Waals surface area (Å²) in [5.41, 5.74) is 3.93. The lowest BCUT2D eigenvalue weighted by Gasteiger charge is -2.11. The van der Waals surface area contributed by atoms with E-state index in [2.05, 4.69) is 50.8 Å². The number of thiazole rings is 1. The average Bonchev–Trinajstić information content (AvgIpc) is 3.14. The number of hydrogen-bond donors (Lipinski definition) is 1. The predicted molar refractivity (Wildman–Crippen MR) is 97.2 cm³/mol. The largest absolute Gasteiger partial charge is 0.346 e. The van der Waals surface area contributed by atoms with E-state index < -0.39 is 0 Å². The first kappa shape index (κ1) is 16.6. The molecule has 1 N–H and O–H groups in total. The summed E-state index contributed by atoms with van der Waals surface area (Å²) in [6.07, 6.45) is 4.89. The molecule has 0 aromatic carbocycles. The minimum atomic E-state index is 0.0640. The SMILES string of the molecule is CCCn1cc(-c2ccnc(NC(C)c3csc(C)n3)n2)c(C)n1. The Morgan fingerprint density at radius 3 is 2.83 bits per heavy atom. The Bertz CT molecular complexity index is 822. The van der Waals surface area contributed by atoms with Crippen LogP contribution in [0.4, 0.5) is 5.95 Å². The number of anilines is 1. The lowest BCUT2D eigenvalue weighted by Crippen LogP contribution is -2.10. The summed E-state index contributed by atoms with van der Waals surface area (Å²) in [5, 5.41) is 11.0. The zero-order valence-corrected chi connectivity index (χ0v) is 15.3. The molecule has 0 saturated carbocycles. The number of nitrogens with one attached hydrogen (secondary N) is 1. The second-order valence-corrected chi connectivity index (χ2v) is 6.88. The molecule has 0 fully saturated rings. The topological polar surface area (TPSA) is 68.5 Å². The molecule has 7 heteroatoms. The van der Waals surface area contributed by atoms with Crippen molar-refractivity contribution in [2.75, 3.05) is 5.32 Å². The van der Waals surface area contributed by atoms with Crippen LogP contribution in [0, 0.1) is 13.8 Å². The van der Waals surface area contributed by atoms with Crippen molar-refractivity contribution in [1.82, 2.24) is 24.7 Å². The molecule has 0 aliphatic heterocycles. The molecule has 0 spiro atoms. The van der Waals surface area contributed by atoms with E-state index in [0.717, 1.165) is 40.6 Å². The minimum absolute atomic E-state index is 0.0640. The van der Waals surface area contributed by atoms with Gasteiger partial charge in [0.1, 0.15) is 0 Å². The fourth-order valence-corrected chi connectivity index (χ4v) is 3.24. The third kappa shape index (κ3) is 3.62. The summed E-state index contributed by atoms with van der Waals surface area (Å²) in [7, 11) is 0. The molecule has 0 aliphatic carbocycles. The summed E-state index contributed by atoms with van der Waals surface area (Å²) in [6, 6.07) is 1.98. The molecule has 6 nitrogen and oxygen atoms in total. The van der Waals surface area contributed by atoms with E-state index in [1.54, 1.807) is 17.5 Å². The zero-order chi connectivity index (χ0) is 17.1. The second-order valence-electron chi connectivity index (χ2n) is 5.81. The molecular weight excluding hydrogens is 320 g/mol.